The quantitative estimate of drug-likeness (QED) is 0.517. The standard InChI is InChI=1S/C23H35NO4/c1-17-12-14-18(15-13-17)8-7-10-19(25)9-5-6-11-20(22(27)28)24-21(26)16-23(2,3)4/h12-15,20H,5-11,16H2,1-4H3,(H,24,26)(H,27,28)/t20-/m0/s1. The fourth-order valence-corrected chi connectivity index (χ4v) is 3.02. The second-order valence-electron chi connectivity index (χ2n) is 8.82. The van der Waals surface area contributed by atoms with E-state index in [1.807, 2.05) is 20.8 Å². The van der Waals surface area contributed by atoms with Crippen molar-refractivity contribution in [2.45, 2.75) is 85.1 Å². The molecule has 0 aromatic heterocycles. The number of carbonyl (C=O) groups excluding carboxylic acids is 2. The molecule has 1 rings (SSSR count). The van der Waals surface area contributed by atoms with Gasteiger partial charge in [0.15, 0.2) is 0 Å². The maximum Gasteiger partial charge on any atom is 0.326 e. The maximum absolute atomic E-state index is 12.0. The molecular weight excluding hydrogens is 354 g/mol. The third-order valence-corrected chi connectivity index (χ3v) is 4.56. The Kier molecular flexibility index (Phi) is 9.91. The number of nitrogens with one attached hydrogen (secondary N) is 1. The number of carboxylic acids is 1. The van der Waals surface area contributed by atoms with Gasteiger partial charge in [0.25, 0.3) is 0 Å². The van der Waals surface area contributed by atoms with Crippen molar-refractivity contribution in [2.24, 2.45) is 5.41 Å². The fraction of sp³-hybridized carbons (Fsp3) is 0.609. The van der Waals surface area contributed by atoms with Crippen LogP contribution in [-0.4, -0.2) is 28.8 Å². The van der Waals surface area contributed by atoms with Crippen LogP contribution in [0.15, 0.2) is 24.3 Å². The van der Waals surface area contributed by atoms with Crippen molar-refractivity contribution < 1.29 is 19.5 Å². The van der Waals surface area contributed by atoms with Gasteiger partial charge in [-0.3, -0.25) is 9.59 Å². The first-order chi connectivity index (χ1) is 13.1. The molecule has 0 saturated carbocycles. The largest absolute Gasteiger partial charge is 0.480 e. The second kappa shape index (κ2) is 11.6. The average molecular weight is 390 g/mol. The Bertz CT molecular complexity index is 644. The van der Waals surface area contributed by atoms with Crippen molar-refractivity contribution in [1.82, 2.24) is 5.32 Å². The number of amides is 1. The Morgan fingerprint density at radius 2 is 1.61 bits per heavy atom. The van der Waals surface area contributed by atoms with Crippen LogP contribution < -0.4 is 5.32 Å². The molecule has 1 atom stereocenters. The molecule has 5 nitrogen and oxygen atoms in total. The molecule has 1 aromatic rings. The molecule has 0 unspecified atom stereocenters. The number of unbranched alkanes of at least 4 members (excludes halogenated alkanes) is 1. The highest BCUT2D eigenvalue weighted by atomic mass is 16.4. The van der Waals surface area contributed by atoms with E-state index >= 15 is 0 Å². The number of carboxylic acid groups (broad SMARTS) is 1. The fourth-order valence-electron chi connectivity index (χ4n) is 3.02. The van der Waals surface area contributed by atoms with Crippen molar-refractivity contribution >= 4 is 17.7 Å². The highest BCUT2D eigenvalue weighted by Crippen LogP contribution is 2.18. The third-order valence-electron chi connectivity index (χ3n) is 4.56. The van der Waals surface area contributed by atoms with E-state index in [2.05, 4.69) is 36.5 Å². The molecule has 156 valence electrons. The van der Waals surface area contributed by atoms with Gasteiger partial charge in [-0.15, -0.1) is 0 Å². The molecule has 28 heavy (non-hydrogen) atoms. The molecule has 2 N–H and O–H groups in total. The Balaban J connectivity index is 2.23. The average Bonchev–Trinajstić information content (AvgIpc) is 2.57. The second-order valence-corrected chi connectivity index (χ2v) is 8.82. The molecule has 5 heteroatoms. The zero-order valence-corrected chi connectivity index (χ0v) is 17.7. The summed E-state index contributed by atoms with van der Waals surface area (Å²) >= 11 is 0. The van der Waals surface area contributed by atoms with E-state index in [4.69, 9.17) is 0 Å². The normalized spacial score (nSPS) is 12.4. The first-order valence-electron chi connectivity index (χ1n) is 10.2. The number of aliphatic carboxylic acids is 1. The van der Waals surface area contributed by atoms with Crippen LogP contribution in [0.2, 0.25) is 0 Å². The van der Waals surface area contributed by atoms with Gasteiger partial charge in [0.05, 0.1) is 0 Å². The summed E-state index contributed by atoms with van der Waals surface area (Å²) in [5.41, 5.74) is 2.29. The number of hydrogen-bond acceptors (Lipinski definition) is 3. The molecule has 1 amide bonds. The van der Waals surface area contributed by atoms with E-state index in [0.29, 0.717) is 32.1 Å². The minimum Gasteiger partial charge on any atom is -0.480 e. The zero-order valence-electron chi connectivity index (χ0n) is 17.7. The number of rotatable bonds is 12. The Labute approximate surface area is 168 Å². The minimum atomic E-state index is -1.02. The molecular formula is C23H35NO4. The molecule has 0 aliphatic carbocycles. The summed E-state index contributed by atoms with van der Waals surface area (Å²) in [6.45, 7) is 7.87. The summed E-state index contributed by atoms with van der Waals surface area (Å²) in [5.74, 6) is -1.05. The number of ketones is 1. The molecule has 0 saturated heterocycles. The van der Waals surface area contributed by atoms with Gasteiger partial charge < -0.3 is 10.4 Å². The third kappa shape index (κ3) is 10.9. The monoisotopic (exact) mass is 389 g/mol. The zero-order chi connectivity index (χ0) is 21.2. The smallest absolute Gasteiger partial charge is 0.326 e. The van der Waals surface area contributed by atoms with Crippen molar-refractivity contribution in [3.63, 3.8) is 0 Å². The van der Waals surface area contributed by atoms with Crippen molar-refractivity contribution in [2.75, 3.05) is 0 Å². The van der Waals surface area contributed by atoms with Gasteiger partial charge in [0.2, 0.25) is 5.91 Å². The van der Waals surface area contributed by atoms with Gasteiger partial charge in [-0.05, 0) is 43.6 Å². The number of carbonyl (C=O) groups is 3. The first kappa shape index (κ1) is 23.9. The Hall–Kier alpha value is -2.17. The number of benzene rings is 1. The van der Waals surface area contributed by atoms with E-state index in [9.17, 15) is 19.5 Å². The lowest BCUT2D eigenvalue weighted by atomic mass is 9.91. The minimum absolute atomic E-state index is 0.182. The summed E-state index contributed by atoms with van der Waals surface area (Å²) in [7, 11) is 0. The van der Waals surface area contributed by atoms with Gasteiger partial charge in [-0.1, -0.05) is 57.0 Å². The summed E-state index contributed by atoms with van der Waals surface area (Å²) < 4.78 is 0. The molecule has 0 spiro atoms. The van der Waals surface area contributed by atoms with Crippen LogP contribution in [0.3, 0.4) is 0 Å². The molecule has 0 radical (unpaired) electrons. The van der Waals surface area contributed by atoms with Crippen LogP contribution in [0, 0.1) is 12.3 Å². The van der Waals surface area contributed by atoms with Gasteiger partial charge in [-0.2, -0.15) is 0 Å². The number of aryl methyl sites for hydroxylation is 2. The highest BCUT2D eigenvalue weighted by molar-refractivity contribution is 5.83. The highest BCUT2D eigenvalue weighted by Gasteiger charge is 2.22. The lowest BCUT2D eigenvalue weighted by Gasteiger charge is -2.20. The van der Waals surface area contributed by atoms with Gasteiger partial charge >= 0.3 is 5.97 Å². The molecule has 0 bridgehead atoms. The summed E-state index contributed by atoms with van der Waals surface area (Å²) in [6, 6.07) is 7.47. The van der Waals surface area contributed by atoms with Gasteiger partial charge in [0, 0.05) is 19.3 Å². The molecule has 0 aliphatic heterocycles. The van der Waals surface area contributed by atoms with Crippen LogP contribution in [0.4, 0.5) is 0 Å². The van der Waals surface area contributed by atoms with Gasteiger partial charge in [-0.25, -0.2) is 4.79 Å². The topological polar surface area (TPSA) is 83.5 Å². The Morgan fingerprint density at radius 3 is 2.18 bits per heavy atom. The molecule has 0 aliphatic rings. The predicted octanol–water partition coefficient (Wildman–Crippen LogP) is 4.45. The van der Waals surface area contributed by atoms with Crippen molar-refractivity contribution in [3.8, 4) is 0 Å². The van der Waals surface area contributed by atoms with Crippen molar-refractivity contribution in [3.05, 3.63) is 35.4 Å². The van der Waals surface area contributed by atoms with Crippen LogP contribution in [0.25, 0.3) is 0 Å². The number of Topliss-reactive ketones (excluding diaryl/α,β-unsaturated/α-hetero) is 1. The first-order valence-corrected chi connectivity index (χ1v) is 10.2. The molecule has 0 heterocycles. The van der Waals surface area contributed by atoms with E-state index in [0.717, 1.165) is 12.8 Å². The lowest BCUT2D eigenvalue weighted by molar-refractivity contribution is -0.142. The SMILES string of the molecule is Cc1ccc(CCCC(=O)CCCC[C@H](NC(=O)CC(C)(C)C)C(=O)O)cc1. The molecule has 1 aromatic carbocycles. The summed E-state index contributed by atoms with van der Waals surface area (Å²) in [5, 5.41) is 11.9. The predicted molar refractivity (Wildman–Crippen MR) is 111 cm³/mol. The van der Waals surface area contributed by atoms with E-state index in [1.54, 1.807) is 0 Å². The van der Waals surface area contributed by atoms with Crippen LogP contribution in [-0.2, 0) is 20.8 Å². The van der Waals surface area contributed by atoms with Crippen LogP contribution in [0.1, 0.15) is 76.8 Å². The van der Waals surface area contributed by atoms with Crippen LogP contribution >= 0.6 is 0 Å². The van der Waals surface area contributed by atoms with E-state index in [-0.39, 0.29) is 23.5 Å². The van der Waals surface area contributed by atoms with Crippen molar-refractivity contribution in [1.29, 1.82) is 0 Å². The van der Waals surface area contributed by atoms with E-state index < -0.39 is 12.0 Å². The van der Waals surface area contributed by atoms with Gasteiger partial charge in [0.1, 0.15) is 11.8 Å². The van der Waals surface area contributed by atoms with Crippen LogP contribution in [0.5, 0.6) is 0 Å². The molecule has 0 fully saturated rings. The maximum atomic E-state index is 12.0. The number of hydrogen-bond donors (Lipinski definition) is 2. The van der Waals surface area contributed by atoms with E-state index in [1.165, 1.54) is 11.1 Å². The lowest BCUT2D eigenvalue weighted by Crippen LogP contribution is -2.41. The Morgan fingerprint density at radius 1 is 1.00 bits per heavy atom. The summed E-state index contributed by atoms with van der Waals surface area (Å²) in [4.78, 5) is 35.3. The summed E-state index contributed by atoms with van der Waals surface area (Å²) in [6.07, 6.45) is 4.65.